The lowest BCUT2D eigenvalue weighted by atomic mass is 10.1. The molecule has 0 spiro atoms. The first kappa shape index (κ1) is 15.2. The number of hydrogen-bond donors (Lipinski definition) is 0. The molecule has 0 saturated heterocycles. The van der Waals surface area contributed by atoms with Crippen molar-refractivity contribution < 1.29 is 9.53 Å². The summed E-state index contributed by atoms with van der Waals surface area (Å²) in [6, 6.07) is 5.70. The normalized spacial score (nSPS) is 10.4. The van der Waals surface area contributed by atoms with Crippen LogP contribution in [0.2, 0.25) is 0 Å². The minimum absolute atomic E-state index is 0.0657. The molecule has 1 aromatic rings. The van der Waals surface area contributed by atoms with Crippen molar-refractivity contribution in [2.75, 3.05) is 26.3 Å². The van der Waals surface area contributed by atoms with E-state index in [1.54, 1.807) is 0 Å². The van der Waals surface area contributed by atoms with Crippen LogP contribution in [0, 0.1) is 6.92 Å². The number of carbonyl (C=O) groups excluding carboxylic acids is 1. The number of halogens is 1. The molecule has 4 heteroatoms. The van der Waals surface area contributed by atoms with Crippen molar-refractivity contribution in [3.05, 3.63) is 33.8 Å². The van der Waals surface area contributed by atoms with E-state index >= 15 is 0 Å². The first-order valence-electron chi connectivity index (χ1n) is 6.23. The van der Waals surface area contributed by atoms with Gasteiger partial charge in [-0.3, -0.25) is 4.79 Å². The summed E-state index contributed by atoms with van der Waals surface area (Å²) in [6.45, 7) is 8.49. The van der Waals surface area contributed by atoms with Crippen LogP contribution in [0.5, 0.6) is 0 Å². The van der Waals surface area contributed by atoms with E-state index in [0.717, 1.165) is 15.6 Å². The molecule has 0 aromatic heterocycles. The average Bonchev–Trinajstić information content (AvgIpc) is 2.37. The number of rotatable bonds is 6. The van der Waals surface area contributed by atoms with Crippen LogP contribution in [-0.4, -0.2) is 37.1 Å². The van der Waals surface area contributed by atoms with Crippen molar-refractivity contribution in [2.24, 2.45) is 0 Å². The van der Waals surface area contributed by atoms with Gasteiger partial charge < -0.3 is 9.64 Å². The molecule has 1 rings (SSSR count). The molecule has 18 heavy (non-hydrogen) atoms. The van der Waals surface area contributed by atoms with Crippen LogP contribution >= 0.6 is 15.9 Å². The lowest BCUT2D eigenvalue weighted by molar-refractivity contribution is 0.0668. The molecule has 0 aliphatic heterocycles. The number of amides is 1. The lowest BCUT2D eigenvalue weighted by Crippen LogP contribution is -2.34. The Morgan fingerprint density at radius 3 is 2.72 bits per heavy atom. The van der Waals surface area contributed by atoms with E-state index in [9.17, 15) is 4.79 Å². The Hall–Kier alpha value is -0.870. The predicted octanol–water partition coefficient (Wildman–Crippen LogP) is 3.26. The standard InChI is InChI=1S/C14H20BrNO2/c1-4-16(9-10-18-5-2)14(17)12-7-6-8-13(15)11(12)3/h6-8H,4-5,9-10H2,1-3H3. The molecule has 0 fully saturated rings. The monoisotopic (exact) mass is 313 g/mol. The smallest absolute Gasteiger partial charge is 0.254 e. The second kappa shape index (κ2) is 7.54. The van der Waals surface area contributed by atoms with Crippen LogP contribution in [0.15, 0.2) is 22.7 Å². The van der Waals surface area contributed by atoms with E-state index in [-0.39, 0.29) is 5.91 Å². The fourth-order valence-corrected chi connectivity index (χ4v) is 2.10. The Labute approximate surface area is 117 Å². The molecule has 1 amide bonds. The Bertz CT molecular complexity index is 407. The van der Waals surface area contributed by atoms with Gasteiger partial charge in [0.05, 0.1) is 6.61 Å². The fraction of sp³-hybridized carbons (Fsp3) is 0.500. The number of benzene rings is 1. The highest BCUT2D eigenvalue weighted by molar-refractivity contribution is 9.10. The Balaban J connectivity index is 2.80. The van der Waals surface area contributed by atoms with Gasteiger partial charge in [0.25, 0.3) is 5.91 Å². The average molecular weight is 314 g/mol. The zero-order valence-corrected chi connectivity index (χ0v) is 12.8. The van der Waals surface area contributed by atoms with Gasteiger partial charge in [-0.05, 0) is 38.5 Å². The van der Waals surface area contributed by atoms with E-state index in [1.807, 2.05) is 43.9 Å². The second-order valence-corrected chi connectivity index (χ2v) is 4.85. The van der Waals surface area contributed by atoms with E-state index in [4.69, 9.17) is 4.74 Å². The molecule has 0 heterocycles. The highest BCUT2D eigenvalue weighted by Crippen LogP contribution is 2.20. The molecule has 3 nitrogen and oxygen atoms in total. The minimum Gasteiger partial charge on any atom is -0.380 e. The van der Waals surface area contributed by atoms with Gasteiger partial charge >= 0.3 is 0 Å². The first-order chi connectivity index (χ1) is 8.61. The molecular weight excluding hydrogens is 294 g/mol. The molecule has 0 atom stereocenters. The first-order valence-corrected chi connectivity index (χ1v) is 7.03. The molecule has 0 radical (unpaired) electrons. The number of nitrogens with zero attached hydrogens (tertiary/aromatic N) is 1. The maximum Gasteiger partial charge on any atom is 0.254 e. The highest BCUT2D eigenvalue weighted by atomic mass is 79.9. The second-order valence-electron chi connectivity index (χ2n) is 3.99. The van der Waals surface area contributed by atoms with Gasteiger partial charge in [-0.25, -0.2) is 0 Å². The van der Waals surface area contributed by atoms with Crippen LogP contribution in [-0.2, 0) is 4.74 Å². The molecule has 0 bridgehead atoms. The molecule has 0 unspecified atom stereocenters. The van der Waals surface area contributed by atoms with Crippen molar-refractivity contribution in [2.45, 2.75) is 20.8 Å². The largest absolute Gasteiger partial charge is 0.380 e. The van der Waals surface area contributed by atoms with Gasteiger partial charge in [0, 0.05) is 29.7 Å². The summed E-state index contributed by atoms with van der Waals surface area (Å²) in [5.41, 5.74) is 1.74. The third-order valence-corrected chi connectivity index (χ3v) is 3.74. The third-order valence-electron chi connectivity index (χ3n) is 2.88. The van der Waals surface area contributed by atoms with E-state index in [2.05, 4.69) is 15.9 Å². The van der Waals surface area contributed by atoms with Crippen molar-refractivity contribution >= 4 is 21.8 Å². The molecule has 1 aromatic carbocycles. The van der Waals surface area contributed by atoms with Gasteiger partial charge in [-0.2, -0.15) is 0 Å². The predicted molar refractivity (Wildman–Crippen MR) is 76.9 cm³/mol. The Morgan fingerprint density at radius 2 is 2.11 bits per heavy atom. The van der Waals surface area contributed by atoms with Crippen LogP contribution < -0.4 is 0 Å². The van der Waals surface area contributed by atoms with Crippen molar-refractivity contribution in [3.8, 4) is 0 Å². The summed E-state index contributed by atoms with van der Waals surface area (Å²) in [7, 11) is 0. The number of likely N-dealkylation sites (N-methyl/N-ethyl adjacent to an activating group) is 1. The molecule has 0 aliphatic rings. The maximum absolute atomic E-state index is 12.4. The van der Waals surface area contributed by atoms with Gasteiger partial charge in [-0.1, -0.05) is 22.0 Å². The van der Waals surface area contributed by atoms with Crippen LogP contribution in [0.3, 0.4) is 0 Å². The number of ether oxygens (including phenoxy) is 1. The Kier molecular flexibility index (Phi) is 6.36. The van der Waals surface area contributed by atoms with Crippen LogP contribution in [0.25, 0.3) is 0 Å². The topological polar surface area (TPSA) is 29.5 Å². The highest BCUT2D eigenvalue weighted by Gasteiger charge is 2.16. The number of hydrogen-bond acceptors (Lipinski definition) is 2. The molecule has 0 saturated carbocycles. The molecule has 0 N–H and O–H groups in total. The quantitative estimate of drug-likeness (QED) is 0.754. The van der Waals surface area contributed by atoms with E-state index in [0.29, 0.717) is 26.3 Å². The summed E-state index contributed by atoms with van der Waals surface area (Å²) in [5.74, 6) is 0.0657. The van der Waals surface area contributed by atoms with E-state index < -0.39 is 0 Å². The summed E-state index contributed by atoms with van der Waals surface area (Å²) in [6.07, 6.45) is 0. The SMILES string of the molecule is CCOCCN(CC)C(=O)c1cccc(Br)c1C. The van der Waals surface area contributed by atoms with Crippen molar-refractivity contribution in [1.29, 1.82) is 0 Å². The summed E-state index contributed by atoms with van der Waals surface area (Å²) in [5, 5.41) is 0. The summed E-state index contributed by atoms with van der Waals surface area (Å²) >= 11 is 3.45. The zero-order valence-electron chi connectivity index (χ0n) is 11.2. The zero-order chi connectivity index (χ0) is 13.5. The minimum atomic E-state index is 0.0657. The Morgan fingerprint density at radius 1 is 1.39 bits per heavy atom. The molecular formula is C14H20BrNO2. The van der Waals surface area contributed by atoms with Crippen molar-refractivity contribution in [3.63, 3.8) is 0 Å². The maximum atomic E-state index is 12.4. The summed E-state index contributed by atoms with van der Waals surface area (Å²) in [4.78, 5) is 14.2. The van der Waals surface area contributed by atoms with E-state index in [1.165, 1.54) is 0 Å². The van der Waals surface area contributed by atoms with Gasteiger partial charge in [-0.15, -0.1) is 0 Å². The third kappa shape index (κ3) is 3.82. The summed E-state index contributed by atoms with van der Waals surface area (Å²) < 4.78 is 6.27. The van der Waals surface area contributed by atoms with Crippen LogP contribution in [0.1, 0.15) is 29.8 Å². The van der Waals surface area contributed by atoms with Gasteiger partial charge in [0.1, 0.15) is 0 Å². The number of carbonyl (C=O) groups is 1. The van der Waals surface area contributed by atoms with Crippen LogP contribution in [0.4, 0.5) is 0 Å². The van der Waals surface area contributed by atoms with Crippen molar-refractivity contribution in [1.82, 2.24) is 4.90 Å². The van der Waals surface area contributed by atoms with Gasteiger partial charge in [0.15, 0.2) is 0 Å². The molecule has 100 valence electrons. The van der Waals surface area contributed by atoms with Gasteiger partial charge in [0.2, 0.25) is 0 Å². The lowest BCUT2D eigenvalue weighted by Gasteiger charge is -2.22. The molecule has 0 aliphatic carbocycles. The fourth-order valence-electron chi connectivity index (χ4n) is 1.73.